The van der Waals surface area contributed by atoms with Crippen molar-refractivity contribution in [2.75, 3.05) is 23.1 Å². The number of ether oxygens (including phenoxy) is 1. The number of amides is 2. The van der Waals surface area contributed by atoms with Crippen molar-refractivity contribution < 1.29 is 14.3 Å². The van der Waals surface area contributed by atoms with Gasteiger partial charge in [-0.2, -0.15) is 0 Å². The van der Waals surface area contributed by atoms with Crippen LogP contribution in [0.5, 0.6) is 5.75 Å². The molecule has 0 spiro atoms. The molecule has 1 N–H and O–H groups in total. The lowest BCUT2D eigenvalue weighted by Crippen LogP contribution is -2.31. The second kappa shape index (κ2) is 12.1. The average molecular weight is 528 g/mol. The molecule has 0 radical (unpaired) electrons. The van der Waals surface area contributed by atoms with E-state index in [9.17, 15) is 9.59 Å². The summed E-state index contributed by atoms with van der Waals surface area (Å²) < 4.78 is 5.23. The summed E-state index contributed by atoms with van der Waals surface area (Å²) in [6.45, 7) is 8.34. The summed E-state index contributed by atoms with van der Waals surface area (Å²) in [4.78, 5) is 32.6. The SMILES string of the molecule is CC[C@H](C)c1ccc(NC(=O)CSC2=N/C(=C\c3ccc(OC)cc3)C(=O)N2c2cc(C)cc(C)c2)cc1. The molecule has 0 unspecified atom stereocenters. The van der Waals surface area contributed by atoms with Crippen LogP contribution in [0.1, 0.15) is 48.4 Å². The minimum Gasteiger partial charge on any atom is -0.497 e. The first-order valence-corrected chi connectivity index (χ1v) is 13.7. The Morgan fingerprint density at radius 2 is 1.71 bits per heavy atom. The molecule has 2 amide bonds. The van der Waals surface area contributed by atoms with Gasteiger partial charge >= 0.3 is 0 Å². The van der Waals surface area contributed by atoms with E-state index in [-0.39, 0.29) is 17.6 Å². The van der Waals surface area contributed by atoms with Crippen LogP contribution in [-0.2, 0) is 9.59 Å². The third-order valence-electron chi connectivity index (χ3n) is 6.42. The summed E-state index contributed by atoms with van der Waals surface area (Å²) in [6, 6.07) is 21.4. The number of amidine groups is 1. The molecule has 1 aliphatic heterocycles. The maximum atomic E-state index is 13.5. The van der Waals surface area contributed by atoms with Gasteiger partial charge in [0.2, 0.25) is 5.91 Å². The predicted molar refractivity (Wildman–Crippen MR) is 158 cm³/mol. The lowest BCUT2D eigenvalue weighted by molar-refractivity contribution is -0.114. The molecular formula is C31H33N3O3S. The highest BCUT2D eigenvalue weighted by Crippen LogP contribution is 2.31. The Kier molecular flexibility index (Phi) is 8.69. The standard InChI is InChI=1S/C31H33N3O3S/c1-6-22(4)24-9-11-25(12-10-24)32-29(35)19-38-31-33-28(18-23-7-13-27(37-5)14-8-23)30(36)34(31)26-16-20(2)15-21(3)17-26/h7-18,22H,6,19H2,1-5H3,(H,32,35)/b28-18-/t22-/m0/s1. The van der Waals surface area contributed by atoms with Crippen LogP contribution in [0, 0.1) is 13.8 Å². The minimum atomic E-state index is -0.227. The summed E-state index contributed by atoms with van der Waals surface area (Å²) in [5.74, 6) is 0.950. The second-order valence-electron chi connectivity index (χ2n) is 9.45. The number of nitrogens with one attached hydrogen (secondary N) is 1. The number of thioether (sulfide) groups is 1. The monoisotopic (exact) mass is 527 g/mol. The Morgan fingerprint density at radius 1 is 1.05 bits per heavy atom. The normalized spacial score (nSPS) is 15.0. The van der Waals surface area contributed by atoms with Crippen LogP contribution in [0.25, 0.3) is 6.08 Å². The van der Waals surface area contributed by atoms with Crippen molar-refractivity contribution in [2.24, 2.45) is 4.99 Å². The van der Waals surface area contributed by atoms with Crippen molar-refractivity contribution in [3.63, 3.8) is 0 Å². The summed E-state index contributed by atoms with van der Waals surface area (Å²) in [5, 5.41) is 3.43. The number of hydrogen-bond acceptors (Lipinski definition) is 5. The molecule has 1 aliphatic rings. The van der Waals surface area contributed by atoms with Gasteiger partial charge in [-0.25, -0.2) is 4.99 Å². The highest BCUT2D eigenvalue weighted by Gasteiger charge is 2.32. The fraction of sp³-hybridized carbons (Fsp3) is 0.258. The van der Waals surface area contributed by atoms with Gasteiger partial charge in [-0.05, 0) is 90.9 Å². The molecule has 38 heavy (non-hydrogen) atoms. The van der Waals surface area contributed by atoms with E-state index in [1.165, 1.54) is 17.3 Å². The molecule has 0 saturated heterocycles. The fourth-order valence-corrected chi connectivity index (χ4v) is 5.03. The van der Waals surface area contributed by atoms with E-state index in [2.05, 4.69) is 42.4 Å². The number of anilines is 2. The summed E-state index contributed by atoms with van der Waals surface area (Å²) in [7, 11) is 1.61. The molecule has 196 valence electrons. The molecule has 7 heteroatoms. The third-order valence-corrected chi connectivity index (χ3v) is 7.36. The smallest absolute Gasteiger partial charge is 0.283 e. The van der Waals surface area contributed by atoms with E-state index in [1.54, 1.807) is 18.1 Å². The van der Waals surface area contributed by atoms with Crippen molar-refractivity contribution in [1.82, 2.24) is 0 Å². The van der Waals surface area contributed by atoms with Gasteiger partial charge in [0, 0.05) is 5.69 Å². The first-order chi connectivity index (χ1) is 18.3. The van der Waals surface area contributed by atoms with Gasteiger partial charge in [-0.15, -0.1) is 0 Å². The number of rotatable bonds is 8. The van der Waals surface area contributed by atoms with Crippen LogP contribution in [0.4, 0.5) is 11.4 Å². The van der Waals surface area contributed by atoms with Crippen molar-refractivity contribution >= 4 is 46.2 Å². The Morgan fingerprint density at radius 3 is 2.32 bits per heavy atom. The van der Waals surface area contributed by atoms with Gasteiger partial charge in [0.05, 0.1) is 18.6 Å². The molecule has 0 saturated carbocycles. The number of hydrogen-bond donors (Lipinski definition) is 1. The molecule has 0 aromatic heterocycles. The van der Waals surface area contributed by atoms with Gasteiger partial charge in [0.1, 0.15) is 11.4 Å². The Hall–Kier alpha value is -3.84. The van der Waals surface area contributed by atoms with Crippen LogP contribution >= 0.6 is 11.8 Å². The topological polar surface area (TPSA) is 71.0 Å². The molecule has 3 aromatic rings. The molecule has 4 rings (SSSR count). The van der Waals surface area contributed by atoms with Crippen molar-refractivity contribution in [3.8, 4) is 5.75 Å². The van der Waals surface area contributed by atoms with Gasteiger partial charge in [0.25, 0.3) is 5.91 Å². The number of nitrogens with zero attached hydrogens (tertiary/aromatic N) is 2. The largest absolute Gasteiger partial charge is 0.497 e. The number of benzene rings is 3. The van der Waals surface area contributed by atoms with Crippen LogP contribution in [-0.4, -0.2) is 29.8 Å². The summed E-state index contributed by atoms with van der Waals surface area (Å²) in [6.07, 6.45) is 2.82. The van der Waals surface area contributed by atoms with E-state index in [1.807, 2.05) is 62.4 Å². The molecule has 0 bridgehead atoms. The maximum Gasteiger partial charge on any atom is 0.283 e. The highest BCUT2D eigenvalue weighted by molar-refractivity contribution is 8.14. The molecule has 1 atom stereocenters. The predicted octanol–water partition coefficient (Wildman–Crippen LogP) is 6.94. The lowest BCUT2D eigenvalue weighted by atomic mass is 9.99. The zero-order valence-electron chi connectivity index (χ0n) is 22.4. The van der Waals surface area contributed by atoms with Gasteiger partial charge in [0.15, 0.2) is 5.17 Å². The van der Waals surface area contributed by atoms with Crippen molar-refractivity contribution in [2.45, 2.75) is 40.0 Å². The first kappa shape index (κ1) is 27.2. The Balaban J connectivity index is 1.54. The molecule has 0 aliphatic carbocycles. The van der Waals surface area contributed by atoms with Gasteiger partial charge < -0.3 is 10.1 Å². The molecule has 0 fully saturated rings. The molecular weight excluding hydrogens is 494 g/mol. The number of carbonyl (C=O) groups is 2. The lowest BCUT2D eigenvalue weighted by Gasteiger charge is -2.19. The third kappa shape index (κ3) is 6.53. The molecule has 3 aromatic carbocycles. The van der Waals surface area contributed by atoms with Crippen LogP contribution in [0.15, 0.2) is 77.4 Å². The number of methoxy groups -OCH3 is 1. The number of aryl methyl sites for hydroxylation is 2. The van der Waals surface area contributed by atoms with E-state index in [4.69, 9.17) is 4.74 Å². The van der Waals surface area contributed by atoms with E-state index in [0.717, 1.165) is 40.2 Å². The van der Waals surface area contributed by atoms with Gasteiger partial charge in [-0.1, -0.05) is 55.9 Å². The minimum absolute atomic E-state index is 0.121. The van der Waals surface area contributed by atoms with E-state index in [0.29, 0.717) is 16.8 Å². The van der Waals surface area contributed by atoms with Gasteiger partial charge in [-0.3, -0.25) is 14.5 Å². The quantitative estimate of drug-likeness (QED) is 0.322. The zero-order chi connectivity index (χ0) is 27.2. The molecule has 6 nitrogen and oxygen atoms in total. The first-order valence-electron chi connectivity index (χ1n) is 12.7. The second-order valence-corrected chi connectivity index (χ2v) is 10.4. The zero-order valence-corrected chi connectivity index (χ0v) is 23.3. The van der Waals surface area contributed by atoms with E-state index >= 15 is 0 Å². The van der Waals surface area contributed by atoms with Crippen LogP contribution in [0.3, 0.4) is 0 Å². The Labute approximate surface area is 228 Å². The highest BCUT2D eigenvalue weighted by atomic mass is 32.2. The van der Waals surface area contributed by atoms with E-state index < -0.39 is 0 Å². The summed E-state index contributed by atoms with van der Waals surface area (Å²) >= 11 is 1.24. The maximum absolute atomic E-state index is 13.5. The fourth-order valence-electron chi connectivity index (χ4n) is 4.22. The average Bonchev–Trinajstić information content (AvgIpc) is 3.22. The molecule has 1 heterocycles. The van der Waals surface area contributed by atoms with Crippen molar-refractivity contribution in [3.05, 3.63) is 94.7 Å². The number of aliphatic imine (C=N–C) groups is 1. The number of carbonyl (C=O) groups excluding carboxylic acids is 2. The van der Waals surface area contributed by atoms with Crippen LogP contribution < -0.4 is 15.0 Å². The van der Waals surface area contributed by atoms with Crippen LogP contribution in [0.2, 0.25) is 0 Å². The Bertz CT molecular complexity index is 1360. The summed E-state index contributed by atoms with van der Waals surface area (Å²) in [5.41, 5.74) is 5.97. The van der Waals surface area contributed by atoms with Crippen molar-refractivity contribution in [1.29, 1.82) is 0 Å².